The van der Waals surface area contributed by atoms with Crippen molar-refractivity contribution in [1.82, 2.24) is 10.2 Å². The first kappa shape index (κ1) is 12.0. The zero-order valence-electron chi connectivity index (χ0n) is 9.92. The van der Waals surface area contributed by atoms with E-state index in [1.165, 1.54) is 13.0 Å². The third-order valence-corrected chi connectivity index (χ3v) is 2.95. The van der Waals surface area contributed by atoms with E-state index in [-0.39, 0.29) is 0 Å². The Hall–Kier alpha value is -0.120. The lowest BCUT2D eigenvalue weighted by Gasteiger charge is -2.25. The van der Waals surface area contributed by atoms with Crippen molar-refractivity contribution < 1.29 is 4.74 Å². The van der Waals surface area contributed by atoms with Gasteiger partial charge in [0.1, 0.15) is 0 Å². The minimum atomic E-state index is 0.455. The van der Waals surface area contributed by atoms with Crippen LogP contribution in [0.5, 0.6) is 0 Å². The number of likely N-dealkylation sites (tertiary alicyclic amines) is 1. The van der Waals surface area contributed by atoms with Gasteiger partial charge in [-0.15, -0.1) is 0 Å². The second-order valence-electron chi connectivity index (χ2n) is 4.55. The Kier molecular flexibility index (Phi) is 4.85. The van der Waals surface area contributed by atoms with Crippen LogP contribution in [0, 0.1) is 0 Å². The van der Waals surface area contributed by atoms with Gasteiger partial charge in [0.15, 0.2) is 0 Å². The topological polar surface area (TPSA) is 24.5 Å². The lowest BCUT2D eigenvalue weighted by molar-refractivity contribution is 0.102. The second-order valence-corrected chi connectivity index (χ2v) is 4.55. The second kappa shape index (κ2) is 5.69. The number of nitrogens with one attached hydrogen (secondary N) is 1. The third-order valence-electron chi connectivity index (χ3n) is 2.95. The lowest BCUT2D eigenvalue weighted by Crippen LogP contribution is -2.41. The summed E-state index contributed by atoms with van der Waals surface area (Å²) in [6, 6.07) is 1.20. The maximum absolute atomic E-state index is 5.36. The van der Waals surface area contributed by atoms with E-state index in [2.05, 4.69) is 31.0 Å². The quantitative estimate of drug-likeness (QED) is 0.719. The molecule has 84 valence electrons. The van der Waals surface area contributed by atoms with E-state index in [1.54, 1.807) is 0 Å². The summed E-state index contributed by atoms with van der Waals surface area (Å²) in [6.45, 7) is 10.0. The molecular formula is C11H24N2O. The Bertz CT molecular complexity index is 161. The van der Waals surface area contributed by atoms with Gasteiger partial charge in [0.05, 0.1) is 6.10 Å². The molecular weight excluding hydrogens is 176 g/mol. The summed E-state index contributed by atoms with van der Waals surface area (Å²) in [5.74, 6) is 0. The van der Waals surface area contributed by atoms with Crippen molar-refractivity contribution in [2.45, 2.75) is 45.4 Å². The Morgan fingerprint density at radius 3 is 2.64 bits per heavy atom. The first-order valence-electron chi connectivity index (χ1n) is 5.63. The molecule has 0 spiro atoms. The van der Waals surface area contributed by atoms with Crippen molar-refractivity contribution in [1.29, 1.82) is 0 Å². The fraction of sp³-hybridized carbons (Fsp3) is 1.00. The first-order valence-corrected chi connectivity index (χ1v) is 5.63. The van der Waals surface area contributed by atoms with Crippen molar-refractivity contribution in [3.05, 3.63) is 0 Å². The molecule has 3 heteroatoms. The molecule has 2 atom stereocenters. The first-order chi connectivity index (χ1) is 6.63. The minimum Gasteiger partial charge on any atom is -0.380 e. The fourth-order valence-corrected chi connectivity index (χ4v) is 1.88. The van der Waals surface area contributed by atoms with Crippen LogP contribution in [0.15, 0.2) is 0 Å². The smallest absolute Gasteiger partial charge is 0.0710 e. The Morgan fingerprint density at radius 2 is 2.14 bits per heavy atom. The van der Waals surface area contributed by atoms with Gasteiger partial charge in [-0.3, -0.25) is 4.90 Å². The normalized spacial score (nSPS) is 25.9. The number of ether oxygens (including phenoxy) is 1. The highest BCUT2D eigenvalue weighted by molar-refractivity contribution is 4.81. The van der Waals surface area contributed by atoms with Gasteiger partial charge in [0, 0.05) is 38.8 Å². The van der Waals surface area contributed by atoms with Gasteiger partial charge in [-0.25, -0.2) is 0 Å². The van der Waals surface area contributed by atoms with E-state index in [0.717, 1.165) is 13.1 Å². The van der Waals surface area contributed by atoms with E-state index in [1.807, 2.05) is 7.11 Å². The summed E-state index contributed by atoms with van der Waals surface area (Å²) in [6.07, 6.45) is 1.64. The van der Waals surface area contributed by atoms with E-state index in [4.69, 9.17) is 4.74 Å². The zero-order valence-corrected chi connectivity index (χ0v) is 9.92. The van der Waals surface area contributed by atoms with Crippen molar-refractivity contribution in [2.75, 3.05) is 26.7 Å². The van der Waals surface area contributed by atoms with Crippen LogP contribution in [0.4, 0.5) is 0 Å². The van der Waals surface area contributed by atoms with Gasteiger partial charge in [-0.1, -0.05) is 13.8 Å². The van der Waals surface area contributed by atoms with Crippen LogP contribution in [0.1, 0.15) is 27.2 Å². The number of rotatable bonds is 5. The fourth-order valence-electron chi connectivity index (χ4n) is 1.88. The summed E-state index contributed by atoms with van der Waals surface area (Å²) in [5.41, 5.74) is 0. The Labute approximate surface area is 87.8 Å². The molecule has 2 unspecified atom stereocenters. The van der Waals surface area contributed by atoms with Gasteiger partial charge >= 0.3 is 0 Å². The molecule has 0 aromatic heterocycles. The van der Waals surface area contributed by atoms with Crippen LogP contribution in [-0.4, -0.2) is 49.8 Å². The van der Waals surface area contributed by atoms with E-state index >= 15 is 0 Å². The highest BCUT2D eigenvalue weighted by Gasteiger charge is 2.25. The average Bonchev–Trinajstić information content (AvgIpc) is 2.62. The summed E-state index contributed by atoms with van der Waals surface area (Å²) in [4.78, 5) is 2.50. The molecule has 0 bridgehead atoms. The van der Waals surface area contributed by atoms with Crippen LogP contribution < -0.4 is 5.32 Å². The SMILES string of the molecule is COC1CCN(C(C)CNC(C)C)C1. The third kappa shape index (κ3) is 3.56. The Morgan fingerprint density at radius 1 is 1.43 bits per heavy atom. The molecule has 0 saturated carbocycles. The highest BCUT2D eigenvalue weighted by Crippen LogP contribution is 2.14. The zero-order chi connectivity index (χ0) is 10.6. The van der Waals surface area contributed by atoms with Crippen LogP contribution in [-0.2, 0) is 4.74 Å². The van der Waals surface area contributed by atoms with Crippen molar-refractivity contribution in [3.8, 4) is 0 Å². The molecule has 1 N–H and O–H groups in total. The van der Waals surface area contributed by atoms with Crippen LogP contribution >= 0.6 is 0 Å². The molecule has 1 rings (SSSR count). The largest absolute Gasteiger partial charge is 0.380 e. The molecule has 1 aliphatic rings. The summed E-state index contributed by atoms with van der Waals surface area (Å²) in [7, 11) is 1.81. The number of methoxy groups -OCH3 is 1. The molecule has 0 aliphatic carbocycles. The molecule has 1 aliphatic heterocycles. The van der Waals surface area contributed by atoms with Gasteiger partial charge in [0.25, 0.3) is 0 Å². The average molecular weight is 200 g/mol. The molecule has 14 heavy (non-hydrogen) atoms. The van der Waals surface area contributed by atoms with E-state index in [0.29, 0.717) is 18.2 Å². The predicted molar refractivity (Wildman–Crippen MR) is 59.6 cm³/mol. The molecule has 1 heterocycles. The predicted octanol–water partition coefficient (Wildman–Crippen LogP) is 1.09. The number of nitrogens with zero attached hydrogens (tertiary/aromatic N) is 1. The minimum absolute atomic E-state index is 0.455. The van der Waals surface area contributed by atoms with Crippen molar-refractivity contribution in [2.24, 2.45) is 0 Å². The van der Waals surface area contributed by atoms with Gasteiger partial charge in [-0.05, 0) is 13.3 Å². The molecule has 0 aromatic carbocycles. The van der Waals surface area contributed by atoms with Gasteiger partial charge in [-0.2, -0.15) is 0 Å². The number of hydrogen-bond donors (Lipinski definition) is 1. The molecule has 3 nitrogen and oxygen atoms in total. The van der Waals surface area contributed by atoms with E-state index in [9.17, 15) is 0 Å². The Balaban J connectivity index is 2.21. The summed E-state index contributed by atoms with van der Waals surface area (Å²) in [5, 5.41) is 3.47. The maximum atomic E-state index is 5.36. The van der Waals surface area contributed by atoms with E-state index < -0.39 is 0 Å². The maximum Gasteiger partial charge on any atom is 0.0710 e. The van der Waals surface area contributed by atoms with Crippen LogP contribution in [0.3, 0.4) is 0 Å². The molecule has 0 amide bonds. The lowest BCUT2D eigenvalue weighted by atomic mass is 10.2. The summed E-state index contributed by atoms with van der Waals surface area (Å²) >= 11 is 0. The highest BCUT2D eigenvalue weighted by atomic mass is 16.5. The van der Waals surface area contributed by atoms with Crippen molar-refractivity contribution in [3.63, 3.8) is 0 Å². The van der Waals surface area contributed by atoms with Crippen LogP contribution in [0.25, 0.3) is 0 Å². The molecule has 1 fully saturated rings. The molecule has 0 radical (unpaired) electrons. The monoisotopic (exact) mass is 200 g/mol. The van der Waals surface area contributed by atoms with Gasteiger partial charge in [0.2, 0.25) is 0 Å². The molecule has 0 aromatic rings. The standard InChI is InChI=1S/C11H24N2O/c1-9(2)12-7-10(3)13-6-5-11(8-13)14-4/h9-12H,5-8H2,1-4H3. The number of hydrogen-bond acceptors (Lipinski definition) is 3. The van der Waals surface area contributed by atoms with Crippen molar-refractivity contribution >= 4 is 0 Å². The van der Waals surface area contributed by atoms with Gasteiger partial charge < -0.3 is 10.1 Å². The summed E-state index contributed by atoms with van der Waals surface area (Å²) < 4.78 is 5.36. The van der Waals surface area contributed by atoms with Crippen LogP contribution in [0.2, 0.25) is 0 Å². The molecule has 1 saturated heterocycles.